The lowest BCUT2D eigenvalue weighted by Crippen LogP contribution is -2.41. The molecule has 2 nitrogen and oxygen atoms in total. The van der Waals surface area contributed by atoms with Crippen LogP contribution in [0, 0.1) is 35.5 Å². The molecule has 4 fully saturated rings. The molecule has 78 valence electrons. The van der Waals surface area contributed by atoms with E-state index in [9.17, 15) is 0 Å². The average Bonchev–Trinajstić information content (AvgIpc) is 2.73. The van der Waals surface area contributed by atoms with Gasteiger partial charge in [-0.15, -0.1) is 0 Å². The third kappa shape index (κ3) is 0.674. The van der Waals surface area contributed by atoms with Crippen molar-refractivity contribution in [1.29, 1.82) is 0 Å². The van der Waals surface area contributed by atoms with Crippen molar-refractivity contribution in [3.8, 4) is 0 Å². The van der Waals surface area contributed by atoms with Crippen molar-refractivity contribution in [1.82, 2.24) is 0 Å². The van der Waals surface area contributed by atoms with Crippen LogP contribution in [0.5, 0.6) is 0 Å². The molecule has 4 aliphatic carbocycles. The van der Waals surface area contributed by atoms with E-state index in [1.165, 1.54) is 25.7 Å². The van der Waals surface area contributed by atoms with Gasteiger partial charge >= 0.3 is 0 Å². The van der Waals surface area contributed by atoms with E-state index in [1.807, 2.05) is 0 Å². The lowest BCUT2D eigenvalue weighted by Gasteiger charge is -2.30. The van der Waals surface area contributed by atoms with Crippen molar-refractivity contribution in [3.05, 3.63) is 0 Å². The molecule has 4 saturated carbocycles. The van der Waals surface area contributed by atoms with Gasteiger partial charge in [0.1, 0.15) is 0 Å². The fourth-order valence-electron chi connectivity index (χ4n) is 5.51. The van der Waals surface area contributed by atoms with E-state index < -0.39 is 0 Å². The number of nitrogens with two attached hydrogens (primary N) is 2. The molecule has 0 spiro atoms. The van der Waals surface area contributed by atoms with E-state index in [0.29, 0.717) is 0 Å². The lowest BCUT2D eigenvalue weighted by atomic mass is 9.76. The Bertz CT molecular complexity index is 290. The Kier molecular flexibility index (Phi) is 1.27. The average molecular weight is 192 g/mol. The number of hydrogen-bond donors (Lipinski definition) is 2. The van der Waals surface area contributed by atoms with Crippen LogP contribution in [0.2, 0.25) is 0 Å². The van der Waals surface area contributed by atoms with Gasteiger partial charge < -0.3 is 11.5 Å². The van der Waals surface area contributed by atoms with E-state index in [1.54, 1.807) is 0 Å². The lowest BCUT2D eigenvalue weighted by molar-refractivity contribution is 0.201. The van der Waals surface area contributed by atoms with Crippen LogP contribution in [0.3, 0.4) is 0 Å². The predicted octanol–water partition coefficient (Wildman–Crippen LogP) is 0.955. The highest BCUT2D eigenvalue weighted by atomic mass is 15.0. The molecule has 0 aromatic carbocycles. The second-order valence-corrected chi connectivity index (χ2v) is 6.26. The number of fused-ring (bicyclic) bond motifs is 7. The molecule has 0 saturated heterocycles. The van der Waals surface area contributed by atoms with Crippen LogP contribution < -0.4 is 11.5 Å². The van der Waals surface area contributed by atoms with E-state index in [4.69, 9.17) is 11.5 Å². The molecule has 0 heterocycles. The van der Waals surface area contributed by atoms with Gasteiger partial charge in [-0.05, 0) is 61.2 Å². The Balaban J connectivity index is 1.66. The summed E-state index contributed by atoms with van der Waals surface area (Å²) in [7, 11) is 0. The van der Waals surface area contributed by atoms with E-state index in [-0.39, 0.29) is 5.54 Å². The molecule has 0 aromatic heterocycles. The normalized spacial score (nSPS) is 68.1. The van der Waals surface area contributed by atoms with Crippen molar-refractivity contribution in [2.75, 3.05) is 6.54 Å². The first-order chi connectivity index (χ1) is 6.75. The molecule has 7 unspecified atom stereocenters. The van der Waals surface area contributed by atoms with Crippen LogP contribution in [0.15, 0.2) is 0 Å². The summed E-state index contributed by atoms with van der Waals surface area (Å²) in [6.45, 7) is 0.725. The van der Waals surface area contributed by atoms with Gasteiger partial charge in [0.15, 0.2) is 0 Å². The maximum Gasteiger partial charge on any atom is 0.0345 e. The standard InChI is InChI=1S/C12H20N2/c13-5-12(14)9-4-8-6-1-2-7(3-6)10(8)11(9)12/h6-11H,1-5,13-14H2. The highest BCUT2D eigenvalue weighted by Gasteiger charge is 2.73. The van der Waals surface area contributed by atoms with Crippen LogP contribution >= 0.6 is 0 Å². The van der Waals surface area contributed by atoms with Crippen molar-refractivity contribution < 1.29 is 0 Å². The molecule has 0 aliphatic heterocycles. The molecule has 2 bridgehead atoms. The third-order valence-electron chi connectivity index (χ3n) is 6.09. The summed E-state index contributed by atoms with van der Waals surface area (Å²) in [6, 6.07) is 0. The Morgan fingerprint density at radius 3 is 2.71 bits per heavy atom. The summed E-state index contributed by atoms with van der Waals surface area (Å²) >= 11 is 0. The molecular weight excluding hydrogens is 172 g/mol. The summed E-state index contributed by atoms with van der Waals surface area (Å²) in [6.07, 6.45) is 5.96. The monoisotopic (exact) mass is 192 g/mol. The van der Waals surface area contributed by atoms with E-state index in [0.717, 1.165) is 42.1 Å². The first-order valence-corrected chi connectivity index (χ1v) is 6.24. The Morgan fingerprint density at radius 2 is 1.93 bits per heavy atom. The van der Waals surface area contributed by atoms with E-state index >= 15 is 0 Å². The molecule has 0 radical (unpaired) electrons. The van der Waals surface area contributed by atoms with E-state index in [2.05, 4.69) is 0 Å². The molecule has 7 atom stereocenters. The highest BCUT2D eigenvalue weighted by molar-refractivity contribution is 5.26. The topological polar surface area (TPSA) is 52.0 Å². The summed E-state index contributed by atoms with van der Waals surface area (Å²) in [5.74, 6) is 5.81. The van der Waals surface area contributed by atoms with Gasteiger partial charge in [-0.1, -0.05) is 0 Å². The number of rotatable bonds is 1. The maximum absolute atomic E-state index is 6.36. The molecular formula is C12H20N2. The molecule has 4 aliphatic rings. The summed E-state index contributed by atoms with van der Waals surface area (Å²) in [5.41, 5.74) is 12.2. The second kappa shape index (κ2) is 2.19. The minimum atomic E-state index is 0.0750. The Morgan fingerprint density at radius 1 is 1.14 bits per heavy atom. The predicted molar refractivity (Wildman–Crippen MR) is 55.4 cm³/mol. The third-order valence-corrected chi connectivity index (χ3v) is 6.09. The largest absolute Gasteiger partial charge is 0.329 e. The fourth-order valence-corrected chi connectivity index (χ4v) is 5.51. The smallest absolute Gasteiger partial charge is 0.0345 e. The van der Waals surface area contributed by atoms with Gasteiger partial charge in [0.25, 0.3) is 0 Å². The first kappa shape index (κ1) is 8.12. The minimum absolute atomic E-state index is 0.0750. The van der Waals surface area contributed by atoms with Gasteiger partial charge in [-0.2, -0.15) is 0 Å². The van der Waals surface area contributed by atoms with Crippen molar-refractivity contribution in [2.24, 2.45) is 47.0 Å². The zero-order valence-electron chi connectivity index (χ0n) is 8.65. The number of hydrogen-bond acceptors (Lipinski definition) is 2. The fraction of sp³-hybridized carbons (Fsp3) is 1.00. The summed E-state index contributed by atoms with van der Waals surface area (Å²) in [5, 5.41) is 0. The molecule has 4 N–H and O–H groups in total. The van der Waals surface area contributed by atoms with Crippen LogP contribution in [0.1, 0.15) is 25.7 Å². The van der Waals surface area contributed by atoms with Gasteiger partial charge in [-0.3, -0.25) is 0 Å². The highest BCUT2D eigenvalue weighted by Crippen LogP contribution is 2.73. The summed E-state index contributed by atoms with van der Waals surface area (Å²) < 4.78 is 0. The second-order valence-electron chi connectivity index (χ2n) is 6.26. The molecule has 2 heteroatoms. The zero-order valence-corrected chi connectivity index (χ0v) is 8.65. The minimum Gasteiger partial charge on any atom is -0.329 e. The van der Waals surface area contributed by atoms with Gasteiger partial charge in [0, 0.05) is 12.1 Å². The quantitative estimate of drug-likeness (QED) is 0.650. The molecule has 0 aromatic rings. The molecule has 14 heavy (non-hydrogen) atoms. The molecule has 0 amide bonds. The van der Waals surface area contributed by atoms with Crippen molar-refractivity contribution in [2.45, 2.75) is 31.2 Å². The van der Waals surface area contributed by atoms with Gasteiger partial charge in [-0.25, -0.2) is 0 Å². The first-order valence-electron chi connectivity index (χ1n) is 6.24. The summed E-state index contributed by atoms with van der Waals surface area (Å²) in [4.78, 5) is 0. The van der Waals surface area contributed by atoms with Crippen molar-refractivity contribution in [3.63, 3.8) is 0 Å². The van der Waals surface area contributed by atoms with Crippen LogP contribution in [0.25, 0.3) is 0 Å². The molecule has 4 rings (SSSR count). The van der Waals surface area contributed by atoms with Crippen LogP contribution in [-0.4, -0.2) is 12.1 Å². The van der Waals surface area contributed by atoms with Gasteiger partial charge in [0.05, 0.1) is 0 Å². The van der Waals surface area contributed by atoms with Crippen LogP contribution in [-0.2, 0) is 0 Å². The zero-order chi connectivity index (χ0) is 9.50. The van der Waals surface area contributed by atoms with Gasteiger partial charge in [0.2, 0.25) is 0 Å². The van der Waals surface area contributed by atoms with Crippen LogP contribution in [0.4, 0.5) is 0 Å². The maximum atomic E-state index is 6.36. The Hall–Kier alpha value is -0.0800. The Labute approximate surface area is 85.4 Å². The van der Waals surface area contributed by atoms with Crippen molar-refractivity contribution >= 4 is 0 Å². The SMILES string of the molecule is NCC1(N)C2CC3C4CCC(C4)C3C21.